The number of hydrogen-bond acceptors (Lipinski definition) is 3. The second-order valence-corrected chi connectivity index (χ2v) is 4.85. The highest BCUT2D eigenvalue weighted by Crippen LogP contribution is 2.06. The van der Waals surface area contributed by atoms with Crippen molar-refractivity contribution in [1.82, 2.24) is 4.98 Å². The molecule has 0 bridgehead atoms. The van der Waals surface area contributed by atoms with Crippen LogP contribution in [0, 0.1) is 0 Å². The van der Waals surface area contributed by atoms with E-state index in [0.717, 1.165) is 0 Å². The van der Waals surface area contributed by atoms with Gasteiger partial charge in [-0.15, -0.1) is 0 Å². The predicted molar refractivity (Wildman–Crippen MR) is 66.3 cm³/mol. The van der Waals surface area contributed by atoms with Crippen LogP contribution in [0.5, 0.6) is 0 Å². The van der Waals surface area contributed by atoms with Gasteiger partial charge < -0.3 is 0 Å². The van der Waals surface area contributed by atoms with Crippen LogP contribution in [0.1, 0.15) is 10.4 Å². The van der Waals surface area contributed by atoms with Crippen molar-refractivity contribution in [1.29, 1.82) is 0 Å². The van der Waals surface area contributed by atoms with Crippen LogP contribution < -0.4 is 0 Å². The minimum absolute atomic E-state index is 0.0268. The van der Waals surface area contributed by atoms with Gasteiger partial charge in [-0.3, -0.25) is 9.00 Å². The average Bonchev–Trinajstić information content (AvgIpc) is 2.40. The Morgan fingerprint density at radius 1 is 1.06 bits per heavy atom. The zero-order valence-electron chi connectivity index (χ0n) is 9.08. The van der Waals surface area contributed by atoms with E-state index >= 15 is 0 Å². The third-order valence-electron chi connectivity index (χ3n) is 2.23. The monoisotopic (exact) mass is 245 g/mol. The predicted octanol–water partition coefficient (Wildman–Crippen LogP) is 2.07. The van der Waals surface area contributed by atoms with Crippen molar-refractivity contribution in [3.63, 3.8) is 0 Å². The molecule has 1 atom stereocenters. The average molecular weight is 245 g/mol. The molecule has 0 N–H and O–H groups in total. The van der Waals surface area contributed by atoms with E-state index in [1.54, 1.807) is 48.7 Å². The number of Topliss-reactive ketones (excluding diaryl/α,β-unsaturated/α-hetero) is 1. The number of rotatable bonds is 4. The summed E-state index contributed by atoms with van der Waals surface area (Å²) in [5.41, 5.74) is 0.580. The van der Waals surface area contributed by atoms with Gasteiger partial charge in [-0.2, -0.15) is 0 Å². The number of nitrogens with zero attached hydrogens (tertiary/aromatic N) is 1. The van der Waals surface area contributed by atoms with E-state index in [-0.39, 0.29) is 11.5 Å². The zero-order valence-corrected chi connectivity index (χ0v) is 9.89. The molecule has 0 saturated carbocycles. The summed E-state index contributed by atoms with van der Waals surface area (Å²) in [7, 11) is -1.37. The Morgan fingerprint density at radius 3 is 2.41 bits per heavy atom. The smallest absolute Gasteiger partial charge is 0.175 e. The van der Waals surface area contributed by atoms with Crippen LogP contribution in [0.25, 0.3) is 0 Å². The summed E-state index contributed by atoms with van der Waals surface area (Å²) >= 11 is 0. The van der Waals surface area contributed by atoms with Crippen LogP contribution in [0.2, 0.25) is 0 Å². The molecule has 17 heavy (non-hydrogen) atoms. The van der Waals surface area contributed by atoms with Gasteiger partial charge in [0.25, 0.3) is 0 Å². The third kappa shape index (κ3) is 3.07. The number of aromatic nitrogens is 1. The molecule has 0 aliphatic rings. The van der Waals surface area contributed by atoms with Gasteiger partial charge in [-0.05, 0) is 12.1 Å². The summed E-state index contributed by atoms with van der Waals surface area (Å²) in [4.78, 5) is 15.8. The largest absolute Gasteiger partial charge is 0.293 e. The SMILES string of the molecule is O=C(CS(=O)c1ccccn1)c1ccccc1. The molecular formula is C13H11NO2S. The number of pyridine rings is 1. The van der Waals surface area contributed by atoms with Crippen LogP contribution >= 0.6 is 0 Å². The first-order valence-corrected chi connectivity index (χ1v) is 6.47. The Balaban J connectivity index is 2.08. The topological polar surface area (TPSA) is 47.0 Å². The molecule has 0 aliphatic carbocycles. The Labute approximate surface area is 102 Å². The molecule has 3 nitrogen and oxygen atoms in total. The van der Waals surface area contributed by atoms with Crippen molar-refractivity contribution < 1.29 is 9.00 Å². The fraction of sp³-hybridized carbons (Fsp3) is 0.0769. The molecule has 1 aromatic carbocycles. The van der Waals surface area contributed by atoms with Crippen LogP contribution in [0.3, 0.4) is 0 Å². The highest BCUT2D eigenvalue weighted by Gasteiger charge is 2.12. The lowest BCUT2D eigenvalue weighted by atomic mass is 10.2. The maximum Gasteiger partial charge on any atom is 0.175 e. The van der Waals surface area contributed by atoms with E-state index in [4.69, 9.17) is 0 Å². The Bertz CT molecular complexity index is 476. The van der Waals surface area contributed by atoms with Crippen LogP contribution in [-0.4, -0.2) is 20.7 Å². The van der Waals surface area contributed by atoms with Crippen LogP contribution in [0.4, 0.5) is 0 Å². The summed E-state index contributed by atoms with van der Waals surface area (Å²) in [5, 5.41) is 0.441. The molecule has 0 radical (unpaired) electrons. The standard InChI is InChI=1S/C13H11NO2S/c15-12(11-6-2-1-3-7-11)10-17(16)13-8-4-5-9-14-13/h1-9H,10H2. The molecular weight excluding hydrogens is 234 g/mol. The van der Waals surface area contributed by atoms with Crippen molar-refractivity contribution in [2.24, 2.45) is 0 Å². The van der Waals surface area contributed by atoms with E-state index in [1.165, 1.54) is 0 Å². The number of carbonyl (C=O) groups is 1. The second kappa shape index (κ2) is 5.50. The summed E-state index contributed by atoms with van der Waals surface area (Å²) in [6.45, 7) is 0. The maximum absolute atomic E-state index is 11.9. The minimum Gasteiger partial charge on any atom is -0.293 e. The highest BCUT2D eigenvalue weighted by molar-refractivity contribution is 7.85. The fourth-order valence-corrected chi connectivity index (χ4v) is 2.34. The van der Waals surface area contributed by atoms with E-state index in [0.29, 0.717) is 10.6 Å². The lowest BCUT2D eigenvalue weighted by Crippen LogP contribution is -2.11. The molecule has 86 valence electrons. The second-order valence-electron chi connectivity index (χ2n) is 3.45. The molecule has 0 fully saturated rings. The normalized spacial score (nSPS) is 12.0. The molecule has 0 saturated heterocycles. The van der Waals surface area contributed by atoms with Crippen molar-refractivity contribution >= 4 is 16.6 Å². The number of carbonyl (C=O) groups excluding carboxylic acids is 1. The van der Waals surface area contributed by atoms with Gasteiger partial charge in [-0.1, -0.05) is 36.4 Å². The first-order valence-electron chi connectivity index (χ1n) is 5.15. The Hall–Kier alpha value is -1.81. The summed E-state index contributed by atoms with van der Waals surface area (Å²) in [6.07, 6.45) is 1.57. The molecule has 1 aromatic heterocycles. The molecule has 0 amide bonds. The molecule has 0 spiro atoms. The van der Waals surface area contributed by atoms with Crippen LogP contribution in [-0.2, 0) is 10.8 Å². The number of ketones is 1. The van der Waals surface area contributed by atoms with E-state index in [2.05, 4.69) is 4.98 Å². The van der Waals surface area contributed by atoms with E-state index in [1.807, 2.05) is 6.07 Å². The Kier molecular flexibility index (Phi) is 3.77. The molecule has 2 rings (SSSR count). The molecule has 1 unspecified atom stereocenters. The first-order chi connectivity index (χ1) is 8.27. The van der Waals surface area contributed by atoms with Crippen LogP contribution in [0.15, 0.2) is 59.8 Å². The minimum atomic E-state index is -1.37. The van der Waals surface area contributed by atoms with Crippen molar-refractivity contribution in [2.45, 2.75) is 5.03 Å². The van der Waals surface area contributed by atoms with Crippen molar-refractivity contribution in [2.75, 3.05) is 5.75 Å². The zero-order chi connectivity index (χ0) is 12.1. The van der Waals surface area contributed by atoms with Gasteiger partial charge >= 0.3 is 0 Å². The fourth-order valence-electron chi connectivity index (χ4n) is 1.38. The van der Waals surface area contributed by atoms with Crippen molar-refractivity contribution in [3.05, 3.63) is 60.3 Å². The molecule has 1 heterocycles. The Morgan fingerprint density at radius 2 is 1.76 bits per heavy atom. The third-order valence-corrected chi connectivity index (χ3v) is 3.46. The highest BCUT2D eigenvalue weighted by atomic mass is 32.2. The summed E-state index contributed by atoms with van der Waals surface area (Å²) in [6, 6.07) is 14.0. The number of hydrogen-bond donors (Lipinski definition) is 0. The van der Waals surface area contributed by atoms with E-state index < -0.39 is 10.8 Å². The quantitative estimate of drug-likeness (QED) is 0.775. The van der Waals surface area contributed by atoms with Gasteiger partial charge in [0.15, 0.2) is 5.78 Å². The molecule has 2 aromatic rings. The van der Waals surface area contributed by atoms with Gasteiger partial charge in [0, 0.05) is 11.8 Å². The maximum atomic E-state index is 11.9. The van der Waals surface area contributed by atoms with Crippen molar-refractivity contribution in [3.8, 4) is 0 Å². The molecule has 4 heteroatoms. The number of benzene rings is 1. The van der Waals surface area contributed by atoms with Gasteiger partial charge in [0.05, 0.1) is 16.6 Å². The summed E-state index contributed by atoms with van der Waals surface area (Å²) in [5.74, 6) is -0.157. The summed E-state index contributed by atoms with van der Waals surface area (Å²) < 4.78 is 11.9. The van der Waals surface area contributed by atoms with E-state index in [9.17, 15) is 9.00 Å². The van der Waals surface area contributed by atoms with Gasteiger partial charge in [-0.25, -0.2) is 4.98 Å². The van der Waals surface area contributed by atoms with Gasteiger partial charge in [0.1, 0.15) is 5.03 Å². The molecule has 0 aliphatic heterocycles. The lowest BCUT2D eigenvalue weighted by molar-refractivity contribution is 0.102. The van der Waals surface area contributed by atoms with Gasteiger partial charge in [0.2, 0.25) is 0 Å². The first kappa shape index (κ1) is 11.7. The lowest BCUT2D eigenvalue weighted by Gasteiger charge is -2.01.